The van der Waals surface area contributed by atoms with Gasteiger partial charge in [0.2, 0.25) is 0 Å². The number of rotatable bonds is 24. The van der Waals surface area contributed by atoms with Crippen LogP contribution in [0.1, 0.15) is 128 Å². The summed E-state index contributed by atoms with van der Waals surface area (Å²) in [6.45, 7) is 5.71. The van der Waals surface area contributed by atoms with Crippen molar-refractivity contribution >= 4 is 23.8 Å². The van der Waals surface area contributed by atoms with Gasteiger partial charge in [-0.15, -0.1) is 0 Å². The molecule has 0 aliphatic rings. The van der Waals surface area contributed by atoms with Crippen molar-refractivity contribution in [1.82, 2.24) is 0 Å². The van der Waals surface area contributed by atoms with E-state index < -0.39 is 0 Å². The molecule has 3 rings (SSSR count). The molecule has 0 aliphatic heterocycles. The predicted molar refractivity (Wildman–Crippen MR) is 189 cm³/mol. The summed E-state index contributed by atoms with van der Waals surface area (Å²) < 4.78 is 11.6. The number of para-hydroxylation sites is 2. The van der Waals surface area contributed by atoms with Gasteiger partial charge in [0.15, 0.2) is 0 Å². The summed E-state index contributed by atoms with van der Waals surface area (Å²) in [5, 5.41) is 25.4. The number of ether oxygens (including phenoxy) is 2. The second-order valence-corrected chi connectivity index (χ2v) is 12.1. The average molecular weight is 686 g/mol. The molecule has 0 unspecified atom stereocenters. The van der Waals surface area contributed by atoms with E-state index in [0.717, 1.165) is 25.7 Å². The van der Waals surface area contributed by atoms with Crippen molar-refractivity contribution in [3.05, 3.63) is 71.8 Å². The van der Waals surface area contributed by atoms with Gasteiger partial charge in [-0.05, 0) is 60.4 Å². The molecule has 0 aliphatic carbocycles. The van der Waals surface area contributed by atoms with Crippen molar-refractivity contribution in [3.8, 4) is 23.0 Å². The van der Waals surface area contributed by atoms with Gasteiger partial charge in [0.25, 0.3) is 0 Å². The van der Waals surface area contributed by atoms with Gasteiger partial charge >= 0.3 is 16.5 Å². The molecule has 0 bridgehead atoms. The van der Waals surface area contributed by atoms with E-state index in [0.29, 0.717) is 47.2 Å². The van der Waals surface area contributed by atoms with Gasteiger partial charge in [0, 0.05) is 12.4 Å². The smallest absolute Gasteiger partial charge is 0.872 e. The summed E-state index contributed by atoms with van der Waals surface area (Å²) in [5.74, 6) is 0.902. The van der Waals surface area contributed by atoms with Crippen LogP contribution < -0.4 is 19.7 Å². The summed E-state index contributed by atoms with van der Waals surface area (Å²) in [7, 11) is 0. The molecule has 6 nitrogen and oxygen atoms in total. The van der Waals surface area contributed by atoms with Crippen molar-refractivity contribution in [2.45, 2.75) is 117 Å². The Bertz CT molecular complexity index is 1230. The van der Waals surface area contributed by atoms with Gasteiger partial charge in [-0.1, -0.05) is 140 Å². The van der Waals surface area contributed by atoms with Gasteiger partial charge in [0.1, 0.15) is 11.5 Å². The fraction of sp³-hybridized carbons (Fsp3) is 0.500. The van der Waals surface area contributed by atoms with Crippen molar-refractivity contribution in [3.63, 3.8) is 0 Å². The van der Waals surface area contributed by atoms with Gasteiger partial charge in [-0.3, -0.25) is 9.98 Å². The molecule has 3 aromatic rings. The van der Waals surface area contributed by atoms with Crippen LogP contribution in [0.25, 0.3) is 0 Å². The predicted octanol–water partition coefficient (Wildman–Crippen LogP) is 10.4. The van der Waals surface area contributed by atoms with Crippen LogP contribution in [0.5, 0.6) is 23.0 Å². The van der Waals surface area contributed by atoms with E-state index in [9.17, 15) is 10.2 Å². The molecular formula is C40H54N2NiO4. The Morgan fingerprint density at radius 2 is 0.872 bits per heavy atom. The Morgan fingerprint density at radius 1 is 0.511 bits per heavy atom. The average Bonchev–Trinajstić information content (AvgIpc) is 3.06. The van der Waals surface area contributed by atoms with Crippen LogP contribution in [0.3, 0.4) is 0 Å². The van der Waals surface area contributed by atoms with Gasteiger partial charge in [-0.25, -0.2) is 0 Å². The molecule has 7 heteroatoms. The van der Waals surface area contributed by atoms with E-state index in [2.05, 4.69) is 23.8 Å². The van der Waals surface area contributed by atoms with Crippen LogP contribution in [-0.2, 0) is 16.5 Å². The van der Waals surface area contributed by atoms with E-state index in [-0.39, 0.29) is 28.0 Å². The van der Waals surface area contributed by atoms with Crippen LogP contribution in [0.15, 0.2) is 70.6 Å². The Kier molecular flexibility index (Phi) is 21.0. The fourth-order valence-corrected chi connectivity index (χ4v) is 5.23. The Morgan fingerprint density at radius 3 is 1.23 bits per heavy atom. The summed E-state index contributed by atoms with van der Waals surface area (Å²) >= 11 is 0. The maximum absolute atomic E-state index is 12.7. The third-order valence-corrected chi connectivity index (χ3v) is 8.07. The molecule has 0 atom stereocenters. The third kappa shape index (κ3) is 16.4. The minimum atomic E-state index is -0.140. The van der Waals surface area contributed by atoms with Gasteiger partial charge in [0.05, 0.1) is 24.6 Å². The van der Waals surface area contributed by atoms with E-state index in [1.807, 2.05) is 36.4 Å². The molecule has 0 N–H and O–H groups in total. The maximum atomic E-state index is 12.7. The number of aliphatic imine (C=N–C) groups is 2. The van der Waals surface area contributed by atoms with Crippen molar-refractivity contribution in [2.75, 3.05) is 13.2 Å². The zero-order valence-corrected chi connectivity index (χ0v) is 29.5. The molecule has 258 valence electrons. The standard InChI is InChI=1S/C40H56N2O4.Ni/c1-3-5-7-9-11-13-15-19-27-45-35-25-23-33(39(43)29-35)31-41-37-21-17-18-22-38(37)42-32-34-24-26-36(30-40(34)44)46-28-20-16-14-12-10-8-6-4-2;/h17-18,21-26,29-32,43-44H,3-16,19-20,27-28H2,1-2H3;/q;+2/p-2. The Hall–Kier alpha value is -3.31. The molecule has 0 amide bonds. The first-order valence-corrected chi connectivity index (χ1v) is 17.7. The molecule has 0 saturated heterocycles. The fourth-order valence-electron chi connectivity index (χ4n) is 5.23. The first-order chi connectivity index (χ1) is 22.6. The molecule has 0 heterocycles. The van der Waals surface area contributed by atoms with Crippen molar-refractivity contribution in [2.24, 2.45) is 9.98 Å². The number of benzene rings is 3. The minimum Gasteiger partial charge on any atom is -0.872 e. The quantitative estimate of drug-likeness (QED) is 0.0533. The SMILES string of the molecule is CCCCCCCCCCOc1ccc(C=Nc2ccccc2N=Cc2ccc(OCCCCCCCCCC)cc2[O-])c([O-])c1.[Ni+2]. The van der Waals surface area contributed by atoms with Crippen LogP contribution in [0, 0.1) is 0 Å². The second kappa shape index (κ2) is 24.8. The van der Waals surface area contributed by atoms with Crippen LogP contribution in [0.4, 0.5) is 11.4 Å². The first-order valence-electron chi connectivity index (χ1n) is 17.7. The minimum absolute atomic E-state index is 0. The largest absolute Gasteiger partial charge is 2.00 e. The Labute approximate surface area is 293 Å². The molecule has 0 saturated carbocycles. The third-order valence-electron chi connectivity index (χ3n) is 8.07. The molecule has 0 radical (unpaired) electrons. The van der Waals surface area contributed by atoms with E-state index in [4.69, 9.17) is 9.47 Å². The first kappa shape index (κ1) is 39.9. The maximum Gasteiger partial charge on any atom is 2.00 e. The molecular weight excluding hydrogens is 631 g/mol. The van der Waals surface area contributed by atoms with E-state index in [1.54, 1.807) is 24.6 Å². The van der Waals surface area contributed by atoms with E-state index >= 15 is 0 Å². The second-order valence-electron chi connectivity index (χ2n) is 12.1. The topological polar surface area (TPSA) is 89.3 Å². The molecule has 47 heavy (non-hydrogen) atoms. The van der Waals surface area contributed by atoms with Crippen LogP contribution in [-0.4, -0.2) is 25.6 Å². The van der Waals surface area contributed by atoms with Crippen LogP contribution in [0.2, 0.25) is 0 Å². The molecule has 0 fully saturated rings. The number of hydrogen-bond donors (Lipinski definition) is 0. The number of nitrogens with zero attached hydrogens (tertiary/aromatic N) is 2. The summed E-state index contributed by atoms with van der Waals surface area (Å²) in [6, 6.07) is 17.5. The summed E-state index contributed by atoms with van der Waals surface area (Å²) in [5.41, 5.74) is 2.15. The van der Waals surface area contributed by atoms with E-state index in [1.165, 1.54) is 89.2 Å². The molecule has 0 aromatic heterocycles. The van der Waals surface area contributed by atoms with Crippen molar-refractivity contribution in [1.29, 1.82) is 0 Å². The zero-order chi connectivity index (χ0) is 32.7. The number of hydrogen-bond acceptors (Lipinski definition) is 6. The van der Waals surface area contributed by atoms with Gasteiger partial charge < -0.3 is 19.7 Å². The Balaban J connectivity index is 0.00000768. The summed E-state index contributed by atoms with van der Waals surface area (Å²) in [4.78, 5) is 9.07. The number of unbranched alkanes of at least 4 members (excludes halogenated alkanes) is 14. The monoisotopic (exact) mass is 684 g/mol. The van der Waals surface area contributed by atoms with Gasteiger partial charge in [-0.2, -0.15) is 0 Å². The molecule has 0 spiro atoms. The summed E-state index contributed by atoms with van der Waals surface area (Å²) in [6.07, 6.45) is 23.0. The van der Waals surface area contributed by atoms with Crippen LogP contribution >= 0.6 is 0 Å². The zero-order valence-electron chi connectivity index (χ0n) is 28.5. The van der Waals surface area contributed by atoms with Crippen molar-refractivity contribution < 1.29 is 36.2 Å². The normalized spacial score (nSPS) is 11.3. The molecule has 3 aromatic carbocycles.